The van der Waals surface area contributed by atoms with Crippen LogP contribution in [0.1, 0.15) is 5.69 Å². The van der Waals surface area contributed by atoms with E-state index in [-0.39, 0.29) is 5.54 Å². The summed E-state index contributed by atoms with van der Waals surface area (Å²) in [6.45, 7) is 0. The number of H-pyrrole nitrogens is 1. The van der Waals surface area contributed by atoms with Crippen molar-refractivity contribution < 1.29 is 0 Å². The second kappa shape index (κ2) is 3.02. The zero-order valence-electron chi connectivity index (χ0n) is 7.36. The first kappa shape index (κ1) is 8.55. The van der Waals surface area contributed by atoms with Gasteiger partial charge in [-0.25, -0.2) is 0 Å². The zero-order valence-corrected chi connectivity index (χ0v) is 7.36. The van der Waals surface area contributed by atoms with Crippen molar-refractivity contribution in [1.82, 2.24) is 10.3 Å². The van der Waals surface area contributed by atoms with Gasteiger partial charge in [-0.1, -0.05) is 12.2 Å². The Kier molecular flexibility index (Phi) is 1.85. The molecule has 1 aliphatic heterocycles. The van der Waals surface area contributed by atoms with Crippen LogP contribution >= 0.6 is 0 Å². The lowest BCUT2D eigenvalue weighted by molar-refractivity contribution is 0.940. The first-order valence-electron chi connectivity index (χ1n) is 4.22. The van der Waals surface area contributed by atoms with Crippen molar-refractivity contribution in [2.75, 3.05) is 0 Å². The van der Waals surface area contributed by atoms with Crippen molar-refractivity contribution in [3.8, 4) is 12.1 Å². The molecule has 2 aliphatic rings. The predicted molar refractivity (Wildman–Crippen MR) is 49.9 cm³/mol. The Morgan fingerprint density at radius 2 is 2.29 bits per heavy atom. The summed E-state index contributed by atoms with van der Waals surface area (Å²) < 4.78 is 0. The molecular formula is C10H8N4. The molecule has 0 bridgehead atoms. The number of nitriles is 2. The quantitative estimate of drug-likeness (QED) is 0.459. The fourth-order valence-corrected chi connectivity index (χ4v) is 1.24. The van der Waals surface area contributed by atoms with Crippen molar-refractivity contribution in [3.05, 3.63) is 36.2 Å². The average molecular weight is 184 g/mol. The number of rotatable bonds is 0. The first-order chi connectivity index (χ1) is 6.80. The normalized spacial score (nSPS) is 29.7. The van der Waals surface area contributed by atoms with Crippen LogP contribution < -0.4 is 5.32 Å². The number of nitrogens with zero attached hydrogens (tertiary/aromatic N) is 2. The van der Waals surface area contributed by atoms with Gasteiger partial charge in [-0.3, -0.25) is 5.32 Å². The van der Waals surface area contributed by atoms with E-state index in [1.807, 2.05) is 18.2 Å². The summed E-state index contributed by atoms with van der Waals surface area (Å²) in [5, 5.41) is 19.5. The molecule has 68 valence electrons. The maximum atomic E-state index is 8.32. The Labute approximate surface area is 81.5 Å². The molecule has 4 heteroatoms. The lowest BCUT2D eigenvalue weighted by Gasteiger charge is -2.00. The highest BCUT2D eigenvalue weighted by Gasteiger charge is 2.57. The molecule has 14 heavy (non-hydrogen) atoms. The van der Waals surface area contributed by atoms with Gasteiger partial charge in [0.2, 0.25) is 0 Å². The maximum absolute atomic E-state index is 8.32. The van der Waals surface area contributed by atoms with E-state index < -0.39 is 0 Å². The van der Waals surface area contributed by atoms with E-state index in [0.29, 0.717) is 11.7 Å². The number of aromatic nitrogens is 1. The van der Waals surface area contributed by atoms with Gasteiger partial charge in [0.25, 0.3) is 0 Å². The number of fused-ring (bicyclic) bond motifs is 1. The van der Waals surface area contributed by atoms with Crippen molar-refractivity contribution in [1.29, 1.82) is 10.5 Å². The van der Waals surface area contributed by atoms with Gasteiger partial charge in [0.1, 0.15) is 17.3 Å². The Morgan fingerprint density at radius 1 is 1.43 bits per heavy atom. The largest absolute Gasteiger partial charge is 0.353 e. The van der Waals surface area contributed by atoms with E-state index >= 15 is 0 Å². The predicted octanol–water partition coefficient (Wildman–Crippen LogP) is 0.677. The molecule has 0 spiro atoms. The van der Waals surface area contributed by atoms with Crippen LogP contribution in [0.25, 0.3) is 0 Å². The molecule has 2 N–H and O–H groups in total. The van der Waals surface area contributed by atoms with Crippen molar-refractivity contribution in [3.63, 3.8) is 0 Å². The Morgan fingerprint density at radius 3 is 2.43 bits per heavy atom. The van der Waals surface area contributed by atoms with Crippen LogP contribution in [0.3, 0.4) is 0 Å². The molecule has 4 nitrogen and oxygen atoms in total. The lowest BCUT2D eigenvalue weighted by Crippen LogP contribution is -2.15. The van der Waals surface area contributed by atoms with Gasteiger partial charge in [0.15, 0.2) is 0 Å². The molecule has 0 saturated carbocycles. The molecular weight excluding hydrogens is 176 g/mol. The minimum absolute atomic E-state index is 0.194. The molecule has 2 heterocycles. The smallest absolute Gasteiger partial charge is 0.145 e. The van der Waals surface area contributed by atoms with Gasteiger partial charge in [-0.2, -0.15) is 10.5 Å². The van der Waals surface area contributed by atoms with Gasteiger partial charge in [0, 0.05) is 6.20 Å². The van der Waals surface area contributed by atoms with Crippen LogP contribution in [0.4, 0.5) is 0 Å². The molecule has 1 aromatic rings. The Balaban J connectivity index is 0.000000107. The zero-order chi connectivity index (χ0) is 10.0. The topological polar surface area (TPSA) is 85.3 Å². The van der Waals surface area contributed by atoms with Crippen molar-refractivity contribution in [2.24, 2.45) is 0 Å². The summed E-state index contributed by atoms with van der Waals surface area (Å²) >= 11 is 0. The lowest BCUT2D eigenvalue weighted by atomic mass is 9.97. The third-order valence-electron chi connectivity index (χ3n) is 2.26. The summed E-state index contributed by atoms with van der Waals surface area (Å²) in [4.78, 5) is 2.73. The Hall–Kier alpha value is -2.04. The molecule has 0 radical (unpaired) electrons. The molecule has 1 aliphatic carbocycles. The highest BCUT2D eigenvalue weighted by Crippen LogP contribution is 2.36. The fraction of sp³-hybridized carbons (Fsp3) is 0.200. The molecule has 1 saturated heterocycles. The molecule has 3 rings (SSSR count). The van der Waals surface area contributed by atoms with Gasteiger partial charge < -0.3 is 4.98 Å². The molecule has 1 aromatic heterocycles. The van der Waals surface area contributed by atoms with E-state index in [4.69, 9.17) is 10.5 Å². The molecule has 0 aromatic carbocycles. The third-order valence-corrected chi connectivity index (χ3v) is 2.26. The first-order valence-corrected chi connectivity index (χ1v) is 4.22. The van der Waals surface area contributed by atoms with E-state index in [0.717, 1.165) is 0 Å². The van der Waals surface area contributed by atoms with Crippen LogP contribution in [0.5, 0.6) is 0 Å². The van der Waals surface area contributed by atoms with E-state index in [9.17, 15) is 0 Å². The van der Waals surface area contributed by atoms with Crippen LogP contribution in [0.2, 0.25) is 0 Å². The summed E-state index contributed by atoms with van der Waals surface area (Å²) in [6, 6.07) is 8.02. The molecule has 2 unspecified atom stereocenters. The van der Waals surface area contributed by atoms with Gasteiger partial charge in [-0.15, -0.1) is 0 Å². The van der Waals surface area contributed by atoms with Crippen molar-refractivity contribution >= 4 is 0 Å². The molecule has 0 amide bonds. The monoisotopic (exact) mass is 184 g/mol. The summed E-state index contributed by atoms with van der Waals surface area (Å²) in [5.74, 6) is 0. The summed E-state index contributed by atoms with van der Waals surface area (Å²) in [7, 11) is 0. The van der Waals surface area contributed by atoms with E-state index in [1.165, 1.54) is 0 Å². The Bertz CT molecular complexity index is 432. The second-order valence-corrected chi connectivity index (χ2v) is 3.16. The number of hydrogen-bond donors (Lipinski definition) is 2. The van der Waals surface area contributed by atoms with Gasteiger partial charge in [0.05, 0.1) is 12.1 Å². The number of aromatic amines is 1. The highest BCUT2D eigenvalue weighted by atomic mass is 15.2. The average Bonchev–Trinajstić information content (AvgIpc) is 2.64. The molecule has 2 atom stereocenters. The number of nitrogens with one attached hydrogen (secondary N) is 2. The van der Waals surface area contributed by atoms with E-state index in [1.54, 1.807) is 18.3 Å². The van der Waals surface area contributed by atoms with E-state index in [2.05, 4.69) is 16.4 Å². The van der Waals surface area contributed by atoms with Gasteiger partial charge in [-0.05, 0) is 12.1 Å². The minimum Gasteiger partial charge on any atom is -0.353 e. The van der Waals surface area contributed by atoms with Crippen molar-refractivity contribution in [2.45, 2.75) is 11.6 Å². The SMILES string of the molecule is N#CC12C=CC1N2.N#Cc1ccc[nH]1. The fourth-order valence-electron chi connectivity index (χ4n) is 1.24. The molecule has 1 fully saturated rings. The summed E-state index contributed by atoms with van der Waals surface area (Å²) in [5.41, 5.74) is 0.417. The van der Waals surface area contributed by atoms with Crippen LogP contribution in [0, 0.1) is 22.7 Å². The standard InChI is InChI=1S/2C5H4N2/c6-3-5-2-1-4(5)7-5;6-4-5-2-1-3-7-5/h1-2,4,7H;1-3,7H. The minimum atomic E-state index is -0.194. The third kappa shape index (κ3) is 1.28. The van der Waals surface area contributed by atoms with Crippen LogP contribution in [-0.2, 0) is 0 Å². The van der Waals surface area contributed by atoms with Gasteiger partial charge >= 0.3 is 0 Å². The summed E-state index contributed by atoms with van der Waals surface area (Å²) in [6.07, 6.45) is 5.62. The highest BCUT2D eigenvalue weighted by molar-refractivity contribution is 5.49. The second-order valence-electron chi connectivity index (χ2n) is 3.16. The van der Waals surface area contributed by atoms with Crippen LogP contribution in [0.15, 0.2) is 30.5 Å². The maximum Gasteiger partial charge on any atom is 0.145 e. The van der Waals surface area contributed by atoms with Crippen LogP contribution in [-0.4, -0.2) is 16.6 Å². The number of hydrogen-bond acceptors (Lipinski definition) is 3.